The molecule has 7 heteroatoms. The summed E-state index contributed by atoms with van der Waals surface area (Å²) in [6.45, 7) is 1.85. The van der Waals surface area contributed by atoms with Gasteiger partial charge in [-0.3, -0.25) is 10.1 Å². The maximum atomic E-state index is 10.9. The lowest BCUT2D eigenvalue weighted by Crippen LogP contribution is -2.15. The Labute approximate surface area is 109 Å². The molecule has 1 atom stereocenters. The zero-order chi connectivity index (χ0) is 13.8. The molecule has 1 aromatic carbocycles. The van der Waals surface area contributed by atoms with E-state index in [2.05, 4.69) is 5.32 Å². The number of nitrogens with one attached hydrogen (secondary N) is 1. The van der Waals surface area contributed by atoms with E-state index >= 15 is 0 Å². The number of anilines is 1. The minimum Gasteiger partial charge on any atom is -0.478 e. The van der Waals surface area contributed by atoms with Crippen LogP contribution in [0.4, 0.5) is 11.4 Å². The molecule has 1 aliphatic heterocycles. The Balaban J connectivity index is 2.16. The zero-order valence-corrected chi connectivity index (χ0v) is 10.2. The molecule has 2 rings (SSSR count). The van der Waals surface area contributed by atoms with E-state index in [1.165, 1.54) is 18.2 Å². The van der Waals surface area contributed by atoms with Crippen LogP contribution < -0.4 is 5.32 Å². The van der Waals surface area contributed by atoms with Crippen LogP contribution in [0.2, 0.25) is 0 Å². The molecule has 0 aliphatic carbocycles. The molecule has 0 aromatic heterocycles. The van der Waals surface area contributed by atoms with Crippen LogP contribution in [0.5, 0.6) is 0 Å². The van der Waals surface area contributed by atoms with Crippen molar-refractivity contribution >= 4 is 17.3 Å². The third kappa shape index (κ3) is 3.19. The maximum Gasteiger partial charge on any atom is 0.335 e. The number of aromatic carboxylic acids is 1. The Morgan fingerprint density at radius 1 is 1.58 bits per heavy atom. The van der Waals surface area contributed by atoms with Gasteiger partial charge in [0.2, 0.25) is 0 Å². The lowest BCUT2D eigenvalue weighted by Gasteiger charge is -2.11. The van der Waals surface area contributed by atoms with Crippen molar-refractivity contribution in [1.82, 2.24) is 0 Å². The van der Waals surface area contributed by atoms with Gasteiger partial charge < -0.3 is 15.2 Å². The number of nitro groups is 1. The van der Waals surface area contributed by atoms with Crippen LogP contribution in [0.3, 0.4) is 0 Å². The first-order valence-electron chi connectivity index (χ1n) is 5.91. The summed E-state index contributed by atoms with van der Waals surface area (Å²) in [5.41, 5.74) is 0.136. The van der Waals surface area contributed by atoms with Gasteiger partial charge in [-0.2, -0.15) is 0 Å². The van der Waals surface area contributed by atoms with Gasteiger partial charge in [0.1, 0.15) is 5.69 Å². The van der Waals surface area contributed by atoms with Crippen LogP contribution in [0, 0.1) is 16.0 Å². The number of rotatable bonds is 5. The largest absolute Gasteiger partial charge is 0.478 e. The van der Waals surface area contributed by atoms with Gasteiger partial charge in [0.05, 0.1) is 17.1 Å². The van der Waals surface area contributed by atoms with Crippen molar-refractivity contribution in [2.24, 2.45) is 5.92 Å². The number of hydrogen-bond donors (Lipinski definition) is 2. The normalized spacial score (nSPS) is 18.2. The van der Waals surface area contributed by atoms with Gasteiger partial charge >= 0.3 is 5.97 Å². The van der Waals surface area contributed by atoms with Crippen molar-refractivity contribution in [3.8, 4) is 0 Å². The van der Waals surface area contributed by atoms with E-state index in [1.807, 2.05) is 0 Å². The maximum absolute atomic E-state index is 10.9. The fourth-order valence-electron chi connectivity index (χ4n) is 1.97. The fourth-order valence-corrected chi connectivity index (χ4v) is 1.97. The molecule has 1 aliphatic rings. The second-order valence-electron chi connectivity index (χ2n) is 4.40. The summed E-state index contributed by atoms with van der Waals surface area (Å²) in [5, 5.41) is 22.7. The van der Waals surface area contributed by atoms with Gasteiger partial charge in [0.15, 0.2) is 0 Å². The Bertz CT molecular complexity index is 497. The first-order chi connectivity index (χ1) is 9.08. The van der Waals surface area contributed by atoms with Crippen LogP contribution in [0.15, 0.2) is 18.2 Å². The van der Waals surface area contributed by atoms with Crippen LogP contribution in [-0.4, -0.2) is 35.8 Å². The van der Waals surface area contributed by atoms with Crippen LogP contribution in [0.1, 0.15) is 16.8 Å². The molecule has 7 nitrogen and oxygen atoms in total. The molecule has 0 bridgehead atoms. The highest BCUT2D eigenvalue weighted by Crippen LogP contribution is 2.26. The zero-order valence-electron chi connectivity index (χ0n) is 10.2. The summed E-state index contributed by atoms with van der Waals surface area (Å²) in [6.07, 6.45) is 0.902. The Hall–Kier alpha value is -2.15. The Kier molecular flexibility index (Phi) is 3.96. The summed E-state index contributed by atoms with van der Waals surface area (Å²) in [4.78, 5) is 21.2. The highest BCUT2D eigenvalue weighted by molar-refractivity contribution is 5.90. The number of carboxylic acid groups (broad SMARTS) is 1. The van der Waals surface area contributed by atoms with Gasteiger partial charge in [-0.05, 0) is 18.6 Å². The standard InChI is InChI=1S/C12H14N2O5/c15-12(16)9-1-2-11(14(17)18)10(5-9)13-6-8-3-4-19-7-8/h1-2,5,8,13H,3-4,6-7H2,(H,15,16). The molecular weight excluding hydrogens is 252 g/mol. The van der Waals surface area contributed by atoms with Gasteiger partial charge in [-0.15, -0.1) is 0 Å². The lowest BCUT2D eigenvalue weighted by atomic mass is 10.1. The van der Waals surface area contributed by atoms with E-state index < -0.39 is 10.9 Å². The summed E-state index contributed by atoms with van der Waals surface area (Å²) in [6, 6.07) is 3.72. The second kappa shape index (κ2) is 5.66. The number of benzene rings is 1. The van der Waals surface area contributed by atoms with E-state index in [9.17, 15) is 14.9 Å². The molecule has 2 N–H and O–H groups in total. The average Bonchev–Trinajstić information content (AvgIpc) is 2.88. The SMILES string of the molecule is O=C(O)c1ccc([N+](=O)[O-])c(NCC2CCOC2)c1. The predicted molar refractivity (Wildman–Crippen MR) is 67.5 cm³/mol. The van der Waals surface area contributed by atoms with Gasteiger partial charge in [-0.25, -0.2) is 4.79 Å². The van der Waals surface area contributed by atoms with Crippen molar-refractivity contribution in [2.45, 2.75) is 6.42 Å². The molecule has 0 radical (unpaired) electrons. The molecule has 1 saturated heterocycles. The van der Waals surface area contributed by atoms with Gasteiger partial charge in [0.25, 0.3) is 5.69 Å². The molecule has 1 aromatic rings. The van der Waals surface area contributed by atoms with Crippen molar-refractivity contribution in [3.63, 3.8) is 0 Å². The van der Waals surface area contributed by atoms with Crippen LogP contribution in [0.25, 0.3) is 0 Å². The van der Waals surface area contributed by atoms with Crippen LogP contribution in [-0.2, 0) is 4.74 Å². The Morgan fingerprint density at radius 3 is 2.95 bits per heavy atom. The fraction of sp³-hybridized carbons (Fsp3) is 0.417. The van der Waals surface area contributed by atoms with E-state index in [4.69, 9.17) is 9.84 Å². The van der Waals surface area contributed by atoms with E-state index in [1.54, 1.807) is 0 Å². The summed E-state index contributed by atoms with van der Waals surface area (Å²) in [5.74, 6) is -0.810. The third-order valence-electron chi connectivity index (χ3n) is 3.05. The van der Waals surface area contributed by atoms with Crippen molar-refractivity contribution in [1.29, 1.82) is 0 Å². The van der Waals surface area contributed by atoms with E-state index in [0.717, 1.165) is 6.42 Å². The van der Waals surface area contributed by atoms with Crippen LogP contribution >= 0.6 is 0 Å². The molecule has 102 valence electrons. The second-order valence-corrected chi connectivity index (χ2v) is 4.40. The smallest absolute Gasteiger partial charge is 0.335 e. The topological polar surface area (TPSA) is 102 Å². The van der Waals surface area contributed by atoms with Gasteiger partial charge in [-0.1, -0.05) is 0 Å². The number of carboxylic acids is 1. The van der Waals surface area contributed by atoms with E-state index in [-0.39, 0.29) is 16.9 Å². The quantitative estimate of drug-likeness (QED) is 0.621. The average molecular weight is 266 g/mol. The first-order valence-corrected chi connectivity index (χ1v) is 5.91. The molecule has 1 unspecified atom stereocenters. The van der Waals surface area contributed by atoms with Crippen molar-refractivity contribution in [2.75, 3.05) is 25.1 Å². The minimum atomic E-state index is -1.11. The number of carbonyl (C=O) groups is 1. The van der Waals surface area contributed by atoms with Gasteiger partial charge in [0, 0.05) is 25.1 Å². The summed E-state index contributed by atoms with van der Waals surface area (Å²) >= 11 is 0. The number of nitrogens with zero attached hydrogens (tertiary/aromatic N) is 1. The number of ether oxygens (including phenoxy) is 1. The molecular formula is C12H14N2O5. The molecule has 0 amide bonds. The predicted octanol–water partition coefficient (Wildman–Crippen LogP) is 1.74. The Morgan fingerprint density at radius 2 is 2.37 bits per heavy atom. The highest BCUT2D eigenvalue weighted by Gasteiger charge is 2.19. The first kappa shape index (κ1) is 13.3. The monoisotopic (exact) mass is 266 g/mol. The highest BCUT2D eigenvalue weighted by atomic mass is 16.6. The molecule has 0 spiro atoms. The lowest BCUT2D eigenvalue weighted by molar-refractivity contribution is -0.384. The number of nitro benzene ring substituents is 1. The third-order valence-corrected chi connectivity index (χ3v) is 3.05. The molecule has 1 heterocycles. The van der Waals surface area contributed by atoms with Crippen molar-refractivity contribution in [3.05, 3.63) is 33.9 Å². The summed E-state index contributed by atoms with van der Waals surface area (Å²) in [7, 11) is 0. The molecule has 1 fully saturated rings. The molecule has 19 heavy (non-hydrogen) atoms. The van der Waals surface area contributed by atoms with E-state index in [0.29, 0.717) is 25.7 Å². The summed E-state index contributed by atoms with van der Waals surface area (Å²) < 4.78 is 5.22. The number of hydrogen-bond acceptors (Lipinski definition) is 5. The minimum absolute atomic E-state index is 0.0239. The molecule has 0 saturated carbocycles. The van der Waals surface area contributed by atoms with Crippen molar-refractivity contribution < 1.29 is 19.6 Å².